The van der Waals surface area contributed by atoms with E-state index in [1.165, 1.54) is 10.4 Å². The van der Waals surface area contributed by atoms with Crippen molar-refractivity contribution >= 4 is 11.3 Å². The van der Waals surface area contributed by atoms with E-state index >= 15 is 0 Å². The van der Waals surface area contributed by atoms with Crippen molar-refractivity contribution in [1.29, 1.82) is 0 Å². The fraction of sp³-hybridized carbons (Fsp3) is 0.350. The molecule has 0 spiro atoms. The van der Waals surface area contributed by atoms with Gasteiger partial charge in [0, 0.05) is 31.2 Å². The minimum Gasteiger partial charge on any atom is -0.365 e. The van der Waals surface area contributed by atoms with E-state index in [0.717, 1.165) is 25.2 Å². The van der Waals surface area contributed by atoms with E-state index in [2.05, 4.69) is 64.9 Å². The van der Waals surface area contributed by atoms with Gasteiger partial charge >= 0.3 is 0 Å². The predicted molar refractivity (Wildman–Crippen MR) is 103 cm³/mol. The molecule has 0 aliphatic rings. The lowest BCUT2D eigenvalue weighted by molar-refractivity contribution is 0.0623. The van der Waals surface area contributed by atoms with Gasteiger partial charge in [-0.1, -0.05) is 36.4 Å². The summed E-state index contributed by atoms with van der Waals surface area (Å²) in [6, 6.07) is 16.8. The topological polar surface area (TPSA) is 30.3 Å². The number of rotatable bonds is 9. The second-order valence-corrected chi connectivity index (χ2v) is 7.16. The van der Waals surface area contributed by atoms with E-state index in [1.54, 1.807) is 11.3 Å². The zero-order valence-corrected chi connectivity index (χ0v) is 15.7. The van der Waals surface area contributed by atoms with Crippen molar-refractivity contribution < 1.29 is 4.74 Å². The van der Waals surface area contributed by atoms with Crippen molar-refractivity contribution in [3.05, 3.63) is 76.2 Å². The van der Waals surface area contributed by atoms with E-state index in [9.17, 15) is 0 Å². The number of aryl methyl sites for hydroxylation is 1. The Labute approximate surface area is 153 Å². The Kier molecular flexibility index (Phi) is 6.39. The van der Waals surface area contributed by atoms with Crippen LogP contribution in [0.1, 0.15) is 22.2 Å². The van der Waals surface area contributed by atoms with Crippen molar-refractivity contribution in [2.75, 3.05) is 26.7 Å². The molecule has 1 aromatic carbocycles. The lowest BCUT2D eigenvalue weighted by atomic mass is 10.1. The Balaban J connectivity index is 1.51. The van der Waals surface area contributed by atoms with Gasteiger partial charge in [0.15, 0.2) is 0 Å². The maximum Gasteiger partial charge on any atom is 0.133 e. The standard InChI is InChI=1S/C20H25N3OS/c1-22(13-11-17-7-4-3-5-8-17)14-15-24-20(19-9-6-16-25-19)18-10-12-21-23(18)2/h3-10,12,16,20H,11,13-15H2,1-2H3/t20-/m1/s1. The summed E-state index contributed by atoms with van der Waals surface area (Å²) in [5.74, 6) is 0. The van der Waals surface area contributed by atoms with Crippen molar-refractivity contribution in [3.63, 3.8) is 0 Å². The summed E-state index contributed by atoms with van der Waals surface area (Å²) in [7, 11) is 4.11. The molecule has 0 fully saturated rings. The van der Waals surface area contributed by atoms with Crippen LogP contribution >= 0.6 is 11.3 Å². The van der Waals surface area contributed by atoms with Crippen molar-refractivity contribution in [2.45, 2.75) is 12.5 Å². The molecule has 0 saturated heterocycles. The van der Waals surface area contributed by atoms with Gasteiger partial charge in [0.25, 0.3) is 0 Å². The molecular weight excluding hydrogens is 330 g/mol. The SMILES string of the molecule is CN(CCO[C@@H](c1cccs1)c1ccnn1C)CCc1ccccc1. The normalized spacial score (nSPS) is 12.6. The van der Waals surface area contributed by atoms with Gasteiger partial charge in [-0.05, 0) is 36.5 Å². The summed E-state index contributed by atoms with van der Waals surface area (Å²) in [4.78, 5) is 3.54. The summed E-state index contributed by atoms with van der Waals surface area (Å²) in [5, 5.41) is 6.38. The quantitative estimate of drug-likeness (QED) is 0.585. The van der Waals surface area contributed by atoms with Crippen LogP contribution in [0.4, 0.5) is 0 Å². The van der Waals surface area contributed by atoms with Gasteiger partial charge in [-0.25, -0.2) is 0 Å². The van der Waals surface area contributed by atoms with Crippen LogP contribution in [-0.2, 0) is 18.2 Å². The summed E-state index contributed by atoms with van der Waals surface area (Å²) >= 11 is 1.72. The first kappa shape index (κ1) is 17.9. The molecule has 0 aliphatic heterocycles. The first-order valence-corrected chi connectivity index (χ1v) is 9.47. The zero-order chi connectivity index (χ0) is 17.5. The molecule has 0 N–H and O–H groups in total. The molecule has 3 rings (SSSR count). The van der Waals surface area contributed by atoms with E-state index in [4.69, 9.17) is 4.74 Å². The van der Waals surface area contributed by atoms with Crippen LogP contribution in [0.15, 0.2) is 60.1 Å². The van der Waals surface area contributed by atoms with Crippen LogP contribution in [0, 0.1) is 0 Å². The third-order valence-corrected chi connectivity index (χ3v) is 5.23. The number of ether oxygens (including phenoxy) is 1. The average Bonchev–Trinajstić information content (AvgIpc) is 3.30. The van der Waals surface area contributed by atoms with Gasteiger partial charge in [0.1, 0.15) is 6.10 Å². The maximum atomic E-state index is 6.24. The maximum absolute atomic E-state index is 6.24. The number of aromatic nitrogens is 2. The van der Waals surface area contributed by atoms with Gasteiger partial charge in [0.2, 0.25) is 0 Å². The van der Waals surface area contributed by atoms with Crippen molar-refractivity contribution in [1.82, 2.24) is 14.7 Å². The highest BCUT2D eigenvalue weighted by Gasteiger charge is 2.19. The molecule has 0 bridgehead atoms. The number of likely N-dealkylation sites (N-methyl/N-ethyl adjacent to an activating group) is 1. The Morgan fingerprint density at radius 2 is 1.96 bits per heavy atom. The molecule has 0 aliphatic carbocycles. The molecule has 25 heavy (non-hydrogen) atoms. The van der Waals surface area contributed by atoms with E-state index < -0.39 is 0 Å². The number of benzene rings is 1. The first-order valence-electron chi connectivity index (χ1n) is 8.59. The number of hydrogen-bond donors (Lipinski definition) is 0. The average molecular weight is 356 g/mol. The van der Waals surface area contributed by atoms with Crippen LogP contribution in [0.5, 0.6) is 0 Å². The van der Waals surface area contributed by atoms with Crippen molar-refractivity contribution in [2.24, 2.45) is 7.05 Å². The molecule has 0 unspecified atom stereocenters. The highest BCUT2D eigenvalue weighted by molar-refractivity contribution is 7.10. The van der Waals surface area contributed by atoms with E-state index in [0.29, 0.717) is 6.61 Å². The molecular formula is C20H25N3OS. The van der Waals surface area contributed by atoms with Gasteiger partial charge < -0.3 is 9.64 Å². The third-order valence-electron chi connectivity index (χ3n) is 4.31. The lowest BCUT2D eigenvalue weighted by Crippen LogP contribution is -2.26. The van der Waals surface area contributed by atoms with Gasteiger partial charge in [0.05, 0.1) is 12.3 Å². The lowest BCUT2D eigenvalue weighted by Gasteiger charge is -2.20. The largest absolute Gasteiger partial charge is 0.365 e. The summed E-state index contributed by atoms with van der Waals surface area (Å²) in [6.45, 7) is 2.63. The van der Waals surface area contributed by atoms with Crippen LogP contribution < -0.4 is 0 Å². The molecule has 0 radical (unpaired) electrons. The fourth-order valence-corrected chi connectivity index (χ4v) is 3.58. The first-order chi connectivity index (χ1) is 12.2. The molecule has 2 aromatic heterocycles. The number of hydrogen-bond acceptors (Lipinski definition) is 4. The number of nitrogens with zero attached hydrogens (tertiary/aromatic N) is 3. The highest BCUT2D eigenvalue weighted by atomic mass is 32.1. The van der Waals surface area contributed by atoms with Gasteiger partial charge in [-0.2, -0.15) is 5.10 Å². The zero-order valence-electron chi connectivity index (χ0n) is 14.8. The predicted octanol–water partition coefficient (Wildman–Crippen LogP) is 3.76. The second kappa shape index (κ2) is 8.94. The molecule has 0 saturated carbocycles. The molecule has 4 nitrogen and oxygen atoms in total. The molecule has 132 valence electrons. The van der Waals surface area contributed by atoms with Crippen molar-refractivity contribution in [3.8, 4) is 0 Å². The highest BCUT2D eigenvalue weighted by Crippen LogP contribution is 2.28. The summed E-state index contributed by atoms with van der Waals surface area (Å²) < 4.78 is 8.13. The molecule has 2 heterocycles. The van der Waals surface area contributed by atoms with Crippen LogP contribution in [0.2, 0.25) is 0 Å². The Morgan fingerprint density at radius 3 is 2.64 bits per heavy atom. The smallest absolute Gasteiger partial charge is 0.133 e. The molecule has 0 amide bonds. The summed E-state index contributed by atoms with van der Waals surface area (Å²) in [5.41, 5.74) is 2.47. The second-order valence-electron chi connectivity index (χ2n) is 6.18. The fourth-order valence-electron chi connectivity index (χ4n) is 2.80. The Bertz CT molecular complexity index is 739. The minimum absolute atomic E-state index is 0.0463. The summed E-state index contributed by atoms with van der Waals surface area (Å²) in [6.07, 6.45) is 2.84. The monoisotopic (exact) mass is 355 g/mol. The molecule has 1 atom stereocenters. The minimum atomic E-state index is -0.0463. The van der Waals surface area contributed by atoms with Crippen LogP contribution in [0.3, 0.4) is 0 Å². The molecule has 5 heteroatoms. The van der Waals surface area contributed by atoms with Crippen LogP contribution in [-0.4, -0.2) is 41.4 Å². The van der Waals surface area contributed by atoms with Gasteiger partial charge in [-0.3, -0.25) is 4.68 Å². The van der Waals surface area contributed by atoms with Gasteiger partial charge in [-0.15, -0.1) is 11.3 Å². The molecule has 3 aromatic rings. The third kappa shape index (κ3) is 5.01. The van der Waals surface area contributed by atoms with E-state index in [1.807, 2.05) is 24.0 Å². The Morgan fingerprint density at radius 1 is 1.12 bits per heavy atom. The number of thiophene rings is 1. The van der Waals surface area contributed by atoms with Crippen LogP contribution in [0.25, 0.3) is 0 Å². The van der Waals surface area contributed by atoms with E-state index in [-0.39, 0.29) is 6.10 Å². The Hall–Kier alpha value is -1.95.